The van der Waals surface area contributed by atoms with Gasteiger partial charge in [0.15, 0.2) is 16.4 Å². The Hall–Kier alpha value is -2.54. The van der Waals surface area contributed by atoms with Crippen LogP contribution < -0.4 is 10.1 Å². The fourth-order valence-electron chi connectivity index (χ4n) is 1.98. The number of phenols is 1. The highest BCUT2D eigenvalue weighted by atomic mass is 32.2. The van der Waals surface area contributed by atoms with E-state index in [-0.39, 0.29) is 22.9 Å². The van der Waals surface area contributed by atoms with Gasteiger partial charge in [-0.2, -0.15) is 0 Å². The number of carbonyl (C=O) groups is 1. The Kier molecular flexibility index (Phi) is 5.14. The lowest BCUT2D eigenvalue weighted by molar-refractivity contribution is -0.118. The van der Waals surface area contributed by atoms with E-state index in [2.05, 4.69) is 5.32 Å². The van der Waals surface area contributed by atoms with Crippen LogP contribution in [0.3, 0.4) is 0 Å². The Morgan fingerprint density at radius 1 is 1.12 bits per heavy atom. The van der Waals surface area contributed by atoms with Gasteiger partial charge in [0.25, 0.3) is 5.91 Å². The smallest absolute Gasteiger partial charge is 0.262 e. The number of carbonyl (C=O) groups excluding carboxylic acids is 1. The lowest BCUT2D eigenvalue weighted by Crippen LogP contribution is -2.20. The van der Waals surface area contributed by atoms with E-state index in [1.807, 2.05) is 26.0 Å². The zero-order valence-corrected chi connectivity index (χ0v) is 14.5. The zero-order valence-electron chi connectivity index (χ0n) is 13.7. The number of sulfone groups is 1. The third-order valence-electron chi connectivity index (χ3n) is 3.52. The van der Waals surface area contributed by atoms with Gasteiger partial charge in [0, 0.05) is 6.26 Å². The number of ether oxygens (including phenoxy) is 1. The van der Waals surface area contributed by atoms with E-state index in [9.17, 15) is 18.3 Å². The van der Waals surface area contributed by atoms with Crippen LogP contribution in [-0.2, 0) is 14.6 Å². The number of benzene rings is 2. The summed E-state index contributed by atoms with van der Waals surface area (Å²) in [5.41, 5.74) is 2.19. The maximum Gasteiger partial charge on any atom is 0.262 e. The van der Waals surface area contributed by atoms with E-state index in [4.69, 9.17) is 4.74 Å². The number of amides is 1. The van der Waals surface area contributed by atoms with Crippen molar-refractivity contribution in [2.45, 2.75) is 18.7 Å². The van der Waals surface area contributed by atoms with Gasteiger partial charge in [-0.1, -0.05) is 6.07 Å². The summed E-state index contributed by atoms with van der Waals surface area (Å²) in [5.74, 6) is -0.168. The van der Waals surface area contributed by atoms with Crippen LogP contribution in [0, 0.1) is 13.8 Å². The van der Waals surface area contributed by atoms with E-state index >= 15 is 0 Å². The molecule has 0 bridgehead atoms. The van der Waals surface area contributed by atoms with Gasteiger partial charge in [-0.05, 0) is 55.3 Å². The highest BCUT2D eigenvalue weighted by Crippen LogP contribution is 2.26. The summed E-state index contributed by atoms with van der Waals surface area (Å²) in [6.07, 6.45) is 1.05. The van der Waals surface area contributed by atoms with E-state index < -0.39 is 15.7 Å². The quantitative estimate of drug-likeness (QED) is 0.809. The van der Waals surface area contributed by atoms with Crippen molar-refractivity contribution in [3.8, 4) is 11.5 Å². The molecule has 0 aliphatic heterocycles. The first-order chi connectivity index (χ1) is 11.2. The number of phenolic OH excluding ortho intramolecular Hbond substituents is 1. The van der Waals surface area contributed by atoms with Crippen LogP contribution in [-0.4, -0.2) is 32.3 Å². The summed E-state index contributed by atoms with van der Waals surface area (Å²) in [7, 11) is -3.44. The molecule has 0 fully saturated rings. The molecule has 0 spiro atoms. The predicted octanol–water partition coefficient (Wildman–Crippen LogP) is 2.43. The number of rotatable bonds is 5. The SMILES string of the molecule is Cc1ccc(OCC(=O)Nc2cc(S(C)(=O)=O)ccc2O)cc1C. The Morgan fingerprint density at radius 3 is 2.46 bits per heavy atom. The van der Waals surface area contributed by atoms with Gasteiger partial charge in [-0.3, -0.25) is 4.79 Å². The molecule has 0 radical (unpaired) electrons. The molecule has 6 nitrogen and oxygen atoms in total. The molecule has 0 aliphatic carbocycles. The minimum absolute atomic E-state index is 0.00526. The molecule has 0 saturated heterocycles. The van der Waals surface area contributed by atoms with Crippen molar-refractivity contribution in [3.05, 3.63) is 47.5 Å². The fourth-order valence-corrected chi connectivity index (χ4v) is 2.63. The molecule has 2 aromatic carbocycles. The van der Waals surface area contributed by atoms with Gasteiger partial charge >= 0.3 is 0 Å². The van der Waals surface area contributed by atoms with Crippen molar-refractivity contribution in [3.63, 3.8) is 0 Å². The first kappa shape index (κ1) is 17.8. The van der Waals surface area contributed by atoms with Crippen LogP contribution in [0.15, 0.2) is 41.3 Å². The van der Waals surface area contributed by atoms with Crippen molar-refractivity contribution >= 4 is 21.4 Å². The van der Waals surface area contributed by atoms with Gasteiger partial charge in [0.05, 0.1) is 10.6 Å². The van der Waals surface area contributed by atoms with Crippen molar-refractivity contribution in [2.24, 2.45) is 0 Å². The first-order valence-electron chi connectivity index (χ1n) is 7.20. The molecule has 0 atom stereocenters. The first-order valence-corrected chi connectivity index (χ1v) is 9.09. The van der Waals surface area contributed by atoms with Gasteiger partial charge < -0.3 is 15.2 Å². The molecule has 0 saturated carbocycles. The molecule has 0 unspecified atom stereocenters. The zero-order chi connectivity index (χ0) is 17.9. The molecule has 2 aromatic rings. The third kappa shape index (κ3) is 4.48. The molecule has 1 amide bonds. The minimum atomic E-state index is -3.44. The summed E-state index contributed by atoms with van der Waals surface area (Å²) in [4.78, 5) is 12.0. The van der Waals surface area contributed by atoms with Gasteiger partial charge in [0.1, 0.15) is 11.5 Å². The van der Waals surface area contributed by atoms with Crippen LogP contribution >= 0.6 is 0 Å². The third-order valence-corrected chi connectivity index (χ3v) is 4.63. The average molecular weight is 349 g/mol. The summed E-state index contributed by atoms with van der Waals surface area (Å²) in [6.45, 7) is 3.66. The number of hydrogen-bond acceptors (Lipinski definition) is 5. The lowest BCUT2D eigenvalue weighted by atomic mass is 10.1. The molecule has 128 valence electrons. The number of aryl methyl sites for hydroxylation is 2. The molecular formula is C17H19NO5S. The topological polar surface area (TPSA) is 92.7 Å². The second kappa shape index (κ2) is 6.92. The molecule has 2 rings (SSSR count). The molecule has 24 heavy (non-hydrogen) atoms. The monoisotopic (exact) mass is 349 g/mol. The Balaban J connectivity index is 2.05. The predicted molar refractivity (Wildman–Crippen MR) is 91.3 cm³/mol. The van der Waals surface area contributed by atoms with Crippen LogP contribution in [0.5, 0.6) is 11.5 Å². The van der Waals surface area contributed by atoms with Gasteiger partial charge in [-0.15, -0.1) is 0 Å². The molecule has 0 aliphatic rings. The summed E-state index contributed by atoms with van der Waals surface area (Å²) < 4.78 is 28.5. The van der Waals surface area contributed by atoms with Crippen LogP contribution in [0.4, 0.5) is 5.69 Å². The van der Waals surface area contributed by atoms with Crippen LogP contribution in [0.1, 0.15) is 11.1 Å². The molecule has 0 heterocycles. The van der Waals surface area contributed by atoms with Gasteiger partial charge in [0.2, 0.25) is 0 Å². The standard InChI is InChI=1S/C17H19NO5S/c1-11-4-5-13(8-12(11)2)23-10-17(20)18-15-9-14(24(3,21)22)6-7-16(15)19/h4-9,19H,10H2,1-3H3,(H,18,20). The molecular weight excluding hydrogens is 330 g/mol. The largest absolute Gasteiger partial charge is 0.506 e. The second-order valence-corrected chi connectivity index (χ2v) is 7.55. The van der Waals surface area contributed by atoms with Crippen molar-refractivity contribution in [2.75, 3.05) is 18.2 Å². The Labute approximate surface area is 141 Å². The lowest BCUT2D eigenvalue weighted by Gasteiger charge is -2.11. The van der Waals surface area contributed by atoms with Crippen LogP contribution in [0.25, 0.3) is 0 Å². The normalized spacial score (nSPS) is 11.1. The number of nitrogens with one attached hydrogen (secondary N) is 1. The highest BCUT2D eigenvalue weighted by molar-refractivity contribution is 7.90. The molecule has 7 heteroatoms. The number of anilines is 1. The van der Waals surface area contributed by atoms with Crippen molar-refractivity contribution in [1.82, 2.24) is 0 Å². The number of hydrogen-bond donors (Lipinski definition) is 2. The Morgan fingerprint density at radius 2 is 1.83 bits per heavy atom. The summed E-state index contributed by atoms with van der Waals surface area (Å²) in [5, 5.41) is 12.2. The average Bonchev–Trinajstić information content (AvgIpc) is 2.49. The molecule has 0 aromatic heterocycles. The van der Waals surface area contributed by atoms with Gasteiger partial charge in [-0.25, -0.2) is 8.42 Å². The number of aromatic hydroxyl groups is 1. The summed E-state index contributed by atoms with van der Waals surface area (Å²) in [6, 6.07) is 9.17. The maximum atomic E-state index is 12.0. The minimum Gasteiger partial charge on any atom is -0.506 e. The van der Waals surface area contributed by atoms with Crippen molar-refractivity contribution in [1.29, 1.82) is 0 Å². The van der Waals surface area contributed by atoms with Crippen LogP contribution in [0.2, 0.25) is 0 Å². The second-order valence-electron chi connectivity index (χ2n) is 5.53. The molecule has 2 N–H and O–H groups in total. The highest BCUT2D eigenvalue weighted by Gasteiger charge is 2.13. The maximum absolute atomic E-state index is 12.0. The van der Waals surface area contributed by atoms with E-state index in [0.29, 0.717) is 5.75 Å². The van der Waals surface area contributed by atoms with E-state index in [1.165, 1.54) is 18.2 Å². The Bertz CT molecular complexity index is 875. The van der Waals surface area contributed by atoms with Crippen molar-refractivity contribution < 1.29 is 23.1 Å². The van der Waals surface area contributed by atoms with E-state index in [1.54, 1.807) is 6.07 Å². The van der Waals surface area contributed by atoms with E-state index in [0.717, 1.165) is 17.4 Å². The summed E-state index contributed by atoms with van der Waals surface area (Å²) >= 11 is 0. The fraction of sp³-hybridized carbons (Fsp3) is 0.235.